The molecule has 0 unspecified atom stereocenters. The van der Waals surface area contributed by atoms with Crippen LogP contribution in [0, 0.1) is 5.92 Å². The molecule has 1 amide bonds. The molecule has 1 aromatic heterocycles. The number of alkyl halides is 2. The smallest absolute Gasteiger partial charge is 0.387 e. The Bertz CT molecular complexity index is 730. The fourth-order valence-electron chi connectivity index (χ4n) is 2.99. The normalized spacial score (nSPS) is 17.2. The van der Waals surface area contributed by atoms with Crippen molar-refractivity contribution < 1.29 is 18.3 Å². The summed E-state index contributed by atoms with van der Waals surface area (Å²) >= 11 is 0. The van der Waals surface area contributed by atoms with Crippen molar-refractivity contribution in [2.75, 3.05) is 18.0 Å². The first-order valence-electron chi connectivity index (χ1n) is 8.45. The van der Waals surface area contributed by atoms with Crippen LogP contribution in [0.5, 0.6) is 5.75 Å². The molecule has 2 aromatic rings. The van der Waals surface area contributed by atoms with Gasteiger partial charge >= 0.3 is 6.61 Å². The number of ether oxygens (including phenoxy) is 1. The van der Waals surface area contributed by atoms with Crippen molar-refractivity contribution >= 4 is 11.9 Å². The lowest BCUT2D eigenvalue weighted by atomic mass is 9.97. The molecule has 1 aromatic carbocycles. The Labute approximate surface area is 150 Å². The van der Waals surface area contributed by atoms with Crippen LogP contribution >= 0.6 is 0 Å². The van der Waals surface area contributed by atoms with Crippen molar-refractivity contribution in [2.45, 2.75) is 26.0 Å². The average Bonchev–Trinajstić information content (AvgIpc) is 2.67. The van der Waals surface area contributed by atoms with Crippen molar-refractivity contribution in [3.63, 3.8) is 0 Å². The molecular weight excluding hydrogens is 342 g/mol. The van der Waals surface area contributed by atoms with E-state index in [0.29, 0.717) is 18.1 Å². The molecule has 0 saturated carbocycles. The molecule has 26 heavy (non-hydrogen) atoms. The number of benzene rings is 1. The summed E-state index contributed by atoms with van der Waals surface area (Å²) in [7, 11) is 0. The number of carbonyl (C=O) groups excluding carboxylic acids is 1. The van der Waals surface area contributed by atoms with E-state index in [9.17, 15) is 13.6 Å². The topological polar surface area (TPSA) is 67.3 Å². The third-order valence-electron chi connectivity index (χ3n) is 4.22. The molecule has 0 aliphatic carbocycles. The SMILES string of the molecule is O=C(NCc1cccc(OC(F)F)c1)[C@@H]1CCCN(c2ncccn2)C1. The highest BCUT2D eigenvalue weighted by Gasteiger charge is 2.26. The molecule has 1 fully saturated rings. The number of amides is 1. The second kappa shape index (κ2) is 8.55. The predicted molar refractivity (Wildman–Crippen MR) is 91.9 cm³/mol. The van der Waals surface area contributed by atoms with Crippen LogP contribution in [0.3, 0.4) is 0 Å². The summed E-state index contributed by atoms with van der Waals surface area (Å²) in [6.07, 6.45) is 5.04. The van der Waals surface area contributed by atoms with Crippen LogP contribution in [-0.4, -0.2) is 35.6 Å². The summed E-state index contributed by atoms with van der Waals surface area (Å²) in [6.45, 7) is -1.23. The molecule has 8 heteroatoms. The van der Waals surface area contributed by atoms with E-state index in [-0.39, 0.29) is 24.1 Å². The van der Waals surface area contributed by atoms with Gasteiger partial charge in [0.1, 0.15) is 5.75 Å². The van der Waals surface area contributed by atoms with E-state index in [2.05, 4.69) is 20.0 Å². The maximum atomic E-state index is 12.5. The van der Waals surface area contributed by atoms with Gasteiger partial charge in [0.2, 0.25) is 11.9 Å². The third kappa shape index (κ3) is 4.87. The van der Waals surface area contributed by atoms with Gasteiger partial charge in [0.05, 0.1) is 5.92 Å². The lowest BCUT2D eigenvalue weighted by Gasteiger charge is -2.31. The van der Waals surface area contributed by atoms with E-state index < -0.39 is 6.61 Å². The molecule has 1 aliphatic heterocycles. The fraction of sp³-hybridized carbons (Fsp3) is 0.389. The Hall–Kier alpha value is -2.77. The molecule has 1 saturated heterocycles. The second-order valence-corrected chi connectivity index (χ2v) is 6.08. The summed E-state index contributed by atoms with van der Waals surface area (Å²) in [6, 6.07) is 8.08. The van der Waals surface area contributed by atoms with Gasteiger partial charge in [0.15, 0.2) is 0 Å². The number of anilines is 1. The van der Waals surface area contributed by atoms with Gasteiger partial charge in [0, 0.05) is 32.0 Å². The van der Waals surface area contributed by atoms with Gasteiger partial charge in [-0.15, -0.1) is 0 Å². The van der Waals surface area contributed by atoms with Gasteiger partial charge in [-0.25, -0.2) is 9.97 Å². The molecule has 0 radical (unpaired) electrons. The lowest BCUT2D eigenvalue weighted by Crippen LogP contribution is -2.43. The second-order valence-electron chi connectivity index (χ2n) is 6.08. The summed E-state index contributed by atoms with van der Waals surface area (Å²) in [5, 5.41) is 2.87. The van der Waals surface area contributed by atoms with Crippen molar-refractivity contribution in [1.82, 2.24) is 15.3 Å². The number of piperidine rings is 1. The molecule has 138 valence electrons. The Morgan fingerprint density at radius 2 is 2.12 bits per heavy atom. The van der Waals surface area contributed by atoms with Crippen LogP contribution in [0.15, 0.2) is 42.7 Å². The summed E-state index contributed by atoms with van der Waals surface area (Å²) in [5.41, 5.74) is 0.704. The maximum absolute atomic E-state index is 12.5. The zero-order chi connectivity index (χ0) is 18.4. The quantitative estimate of drug-likeness (QED) is 0.856. The Kier molecular flexibility index (Phi) is 5.93. The molecular formula is C18H20F2N4O2. The largest absolute Gasteiger partial charge is 0.435 e. The summed E-state index contributed by atoms with van der Waals surface area (Å²) in [5.74, 6) is 0.484. The average molecular weight is 362 g/mol. The van der Waals surface area contributed by atoms with Crippen LogP contribution in [0.25, 0.3) is 0 Å². The first-order valence-corrected chi connectivity index (χ1v) is 8.45. The predicted octanol–water partition coefficient (Wildman–Crippen LogP) is 2.61. The van der Waals surface area contributed by atoms with Crippen molar-refractivity contribution in [3.05, 3.63) is 48.3 Å². The Balaban J connectivity index is 1.55. The number of nitrogens with zero attached hydrogens (tertiary/aromatic N) is 3. The zero-order valence-corrected chi connectivity index (χ0v) is 14.1. The number of carbonyl (C=O) groups is 1. The number of halogens is 2. The highest BCUT2D eigenvalue weighted by Crippen LogP contribution is 2.20. The fourth-order valence-corrected chi connectivity index (χ4v) is 2.99. The lowest BCUT2D eigenvalue weighted by molar-refractivity contribution is -0.125. The van der Waals surface area contributed by atoms with Crippen molar-refractivity contribution in [3.8, 4) is 5.75 Å². The number of aromatic nitrogens is 2. The molecule has 0 spiro atoms. The Morgan fingerprint density at radius 3 is 2.88 bits per heavy atom. The summed E-state index contributed by atoms with van der Waals surface area (Å²) < 4.78 is 28.9. The van der Waals surface area contributed by atoms with Crippen LogP contribution in [0.2, 0.25) is 0 Å². The van der Waals surface area contributed by atoms with Crippen LogP contribution in [0.4, 0.5) is 14.7 Å². The monoisotopic (exact) mass is 362 g/mol. The van der Waals surface area contributed by atoms with E-state index in [4.69, 9.17) is 0 Å². The van der Waals surface area contributed by atoms with Gasteiger partial charge in [-0.3, -0.25) is 4.79 Å². The number of rotatable bonds is 6. The standard InChI is InChI=1S/C18H20F2N4O2/c19-17(20)26-15-6-1-4-13(10-15)11-23-16(25)14-5-2-9-24(12-14)18-21-7-3-8-22-18/h1,3-4,6-8,10,14,17H,2,5,9,11-12H2,(H,23,25)/t14-/m1/s1. The molecule has 0 bridgehead atoms. The highest BCUT2D eigenvalue weighted by molar-refractivity contribution is 5.79. The molecule has 3 rings (SSSR count). The first kappa shape index (κ1) is 18.0. The minimum atomic E-state index is -2.87. The van der Waals surface area contributed by atoms with E-state index in [0.717, 1.165) is 19.4 Å². The Morgan fingerprint density at radius 1 is 1.31 bits per heavy atom. The molecule has 1 N–H and O–H groups in total. The maximum Gasteiger partial charge on any atom is 0.387 e. The molecule has 2 heterocycles. The van der Waals surface area contributed by atoms with Gasteiger partial charge in [-0.1, -0.05) is 12.1 Å². The van der Waals surface area contributed by atoms with Crippen molar-refractivity contribution in [1.29, 1.82) is 0 Å². The van der Waals surface area contributed by atoms with E-state index in [1.165, 1.54) is 12.1 Å². The van der Waals surface area contributed by atoms with Gasteiger partial charge in [0.25, 0.3) is 0 Å². The number of hydrogen-bond acceptors (Lipinski definition) is 5. The number of hydrogen-bond donors (Lipinski definition) is 1. The third-order valence-corrected chi connectivity index (χ3v) is 4.22. The van der Waals surface area contributed by atoms with Crippen LogP contribution in [0.1, 0.15) is 18.4 Å². The van der Waals surface area contributed by atoms with Gasteiger partial charge < -0.3 is 15.0 Å². The van der Waals surface area contributed by atoms with E-state index >= 15 is 0 Å². The highest BCUT2D eigenvalue weighted by atomic mass is 19.3. The minimum Gasteiger partial charge on any atom is -0.435 e. The zero-order valence-electron chi connectivity index (χ0n) is 14.1. The van der Waals surface area contributed by atoms with Crippen LogP contribution < -0.4 is 15.0 Å². The molecule has 1 aliphatic rings. The van der Waals surface area contributed by atoms with Crippen molar-refractivity contribution in [2.24, 2.45) is 5.92 Å². The van der Waals surface area contributed by atoms with Crippen LogP contribution in [-0.2, 0) is 11.3 Å². The van der Waals surface area contributed by atoms with Gasteiger partial charge in [-0.05, 0) is 36.6 Å². The minimum absolute atomic E-state index is 0.0641. The summed E-state index contributed by atoms with van der Waals surface area (Å²) in [4.78, 5) is 22.9. The van der Waals surface area contributed by atoms with E-state index in [1.807, 2.05) is 4.90 Å². The van der Waals surface area contributed by atoms with Gasteiger partial charge in [-0.2, -0.15) is 8.78 Å². The molecule has 1 atom stereocenters. The number of nitrogens with one attached hydrogen (secondary N) is 1. The van der Waals surface area contributed by atoms with E-state index in [1.54, 1.807) is 30.6 Å². The molecule has 6 nitrogen and oxygen atoms in total. The first-order chi connectivity index (χ1) is 12.6.